The van der Waals surface area contributed by atoms with Crippen LogP contribution in [0.1, 0.15) is 57.6 Å². The van der Waals surface area contributed by atoms with Gasteiger partial charge in [0.1, 0.15) is 6.61 Å². The van der Waals surface area contributed by atoms with Crippen LogP contribution < -0.4 is 18.9 Å². The summed E-state index contributed by atoms with van der Waals surface area (Å²) in [6, 6.07) is 37.8. The van der Waals surface area contributed by atoms with Gasteiger partial charge in [0.15, 0.2) is 0 Å². The summed E-state index contributed by atoms with van der Waals surface area (Å²) in [5.74, 6) is -0.156. The summed E-state index contributed by atoms with van der Waals surface area (Å²) < 4.78 is 9.52. The molecule has 4 aromatic rings. The van der Waals surface area contributed by atoms with Crippen molar-refractivity contribution in [3.8, 4) is 22.3 Å². The minimum Gasteiger partial charge on any atom is -0.612 e. The second-order valence-electron chi connectivity index (χ2n) is 11.5. The maximum absolute atomic E-state index is 12.3. The first kappa shape index (κ1) is 38.1. The SMILES string of the molecule is CCCc1ccc(-c2ccccc2)cc1.CC[C@@H]1COC(=O)N1C(=O)CCc1ccc(-c2ccccc2)cc1.CC[C@@H]1COC(=O)[N-]1.[Li+]. The number of imide groups is 1. The largest absolute Gasteiger partial charge is 1.00 e. The summed E-state index contributed by atoms with van der Waals surface area (Å²) in [5.41, 5.74) is 7.43. The molecule has 2 saturated heterocycles. The number of cyclic esters (lactones) is 2. The molecule has 0 N–H and O–H groups in total. The molecule has 2 aliphatic rings. The van der Waals surface area contributed by atoms with Crippen LogP contribution in [-0.2, 0) is 27.1 Å². The van der Waals surface area contributed by atoms with Gasteiger partial charge in [0.2, 0.25) is 12.0 Å². The number of hydrogen-bond acceptors (Lipinski definition) is 5. The van der Waals surface area contributed by atoms with Crippen LogP contribution >= 0.6 is 0 Å². The van der Waals surface area contributed by atoms with Crippen molar-refractivity contribution in [1.29, 1.82) is 0 Å². The van der Waals surface area contributed by atoms with Gasteiger partial charge in [0.25, 0.3) is 0 Å². The molecule has 0 aromatic heterocycles. The van der Waals surface area contributed by atoms with Crippen molar-refractivity contribution in [2.75, 3.05) is 13.2 Å². The Bertz CT molecular complexity index is 1550. The normalized spacial score (nSPS) is 16.2. The van der Waals surface area contributed by atoms with E-state index in [1.54, 1.807) is 0 Å². The maximum Gasteiger partial charge on any atom is 1.00 e. The van der Waals surface area contributed by atoms with Gasteiger partial charge in [-0.3, -0.25) is 9.59 Å². The number of benzene rings is 4. The van der Waals surface area contributed by atoms with Crippen LogP contribution in [0.2, 0.25) is 0 Å². The quantitative estimate of drug-likeness (QED) is 0.192. The summed E-state index contributed by atoms with van der Waals surface area (Å²) in [6.45, 7) is 6.94. The molecule has 3 amide bonds. The van der Waals surface area contributed by atoms with E-state index in [1.807, 2.05) is 44.2 Å². The van der Waals surface area contributed by atoms with Crippen molar-refractivity contribution in [3.05, 3.63) is 126 Å². The van der Waals surface area contributed by atoms with Crippen LogP contribution in [0.3, 0.4) is 0 Å². The van der Waals surface area contributed by atoms with Gasteiger partial charge >= 0.3 is 25.0 Å². The predicted molar refractivity (Wildman–Crippen MR) is 187 cm³/mol. The molecule has 0 unspecified atom stereocenters. The second kappa shape index (κ2) is 20.1. The van der Waals surface area contributed by atoms with Crippen LogP contribution in [0, 0.1) is 0 Å². The van der Waals surface area contributed by atoms with E-state index in [4.69, 9.17) is 4.74 Å². The molecular formula is C40H45LiN2O5. The van der Waals surface area contributed by atoms with Gasteiger partial charge in [-0.05, 0) is 52.6 Å². The molecule has 0 radical (unpaired) electrons. The average molecular weight is 641 g/mol. The van der Waals surface area contributed by atoms with Crippen molar-refractivity contribution in [2.24, 2.45) is 0 Å². The van der Waals surface area contributed by atoms with Gasteiger partial charge in [-0.15, -0.1) is 0 Å². The topological polar surface area (TPSA) is 87.0 Å². The van der Waals surface area contributed by atoms with Crippen molar-refractivity contribution >= 4 is 18.1 Å². The van der Waals surface area contributed by atoms with Crippen LogP contribution in [0.4, 0.5) is 9.59 Å². The molecule has 246 valence electrons. The smallest absolute Gasteiger partial charge is 0.612 e. The first-order chi connectivity index (χ1) is 22.9. The minimum absolute atomic E-state index is 0. The van der Waals surface area contributed by atoms with Crippen molar-refractivity contribution in [3.63, 3.8) is 0 Å². The molecule has 2 aliphatic heterocycles. The summed E-state index contributed by atoms with van der Waals surface area (Å²) in [4.78, 5) is 35.5. The van der Waals surface area contributed by atoms with E-state index in [-0.39, 0.29) is 36.9 Å². The molecular weight excluding hydrogens is 595 g/mol. The summed E-state index contributed by atoms with van der Waals surface area (Å²) >= 11 is 0. The van der Waals surface area contributed by atoms with Gasteiger partial charge in [0.05, 0.1) is 12.6 Å². The van der Waals surface area contributed by atoms with Crippen LogP contribution in [0.15, 0.2) is 109 Å². The molecule has 2 heterocycles. The Hall–Kier alpha value is -4.31. The number of carbonyl (C=O) groups is 3. The number of ether oxygens (including phenoxy) is 2. The van der Waals surface area contributed by atoms with Crippen LogP contribution in [0.25, 0.3) is 27.6 Å². The number of aryl methyl sites for hydroxylation is 2. The maximum atomic E-state index is 12.3. The Balaban J connectivity index is 0.000000221. The van der Waals surface area contributed by atoms with E-state index in [9.17, 15) is 14.4 Å². The zero-order chi connectivity index (χ0) is 33.4. The summed E-state index contributed by atoms with van der Waals surface area (Å²) in [7, 11) is 0. The Morgan fingerprint density at radius 3 is 1.58 bits per heavy atom. The molecule has 2 atom stereocenters. The van der Waals surface area contributed by atoms with E-state index in [0.29, 0.717) is 26.1 Å². The molecule has 2 fully saturated rings. The molecule has 8 heteroatoms. The van der Waals surface area contributed by atoms with Crippen molar-refractivity contribution < 1.29 is 42.7 Å². The molecule has 6 rings (SSSR count). The zero-order valence-electron chi connectivity index (χ0n) is 28.6. The predicted octanol–water partition coefficient (Wildman–Crippen LogP) is 6.64. The number of hydrogen-bond donors (Lipinski definition) is 0. The Labute approximate surface area is 297 Å². The van der Waals surface area contributed by atoms with E-state index >= 15 is 0 Å². The van der Waals surface area contributed by atoms with E-state index in [2.05, 4.69) is 95.8 Å². The molecule has 0 saturated carbocycles. The van der Waals surface area contributed by atoms with Gasteiger partial charge in [0, 0.05) is 6.42 Å². The zero-order valence-corrected chi connectivity index (χ0v) is 28.6. The minimum atomic E-state index is -0.508. The fourth-order valence-corrected chi connectivity index (χ4v) is 5.32. The van der Waals surface area contributed by atoms with Gasteiger partial charge < -0.3 is 14.8 Å². The van der Waals surface area contributed by atoms with Gasteiger partial charge in [-0.2, -0.15) is 0 Å². The number of nitrogens with zero attached hydrogens (tertiary/aromatic N) is 2. The standard InChI is InChI=1S/C20H21NO3.C15H16.C5H9NO2.Li/c1-2-18-14-24-20(23)21(18)19(22)13-10-15-8-11-17(12-9-15)16-6-4-3-5-7-16;1-2-6-13-9-11-15(12-10-13)14-7-4-3-5-8-14;1-2-4-3-8-5(7)6-4;/h3-9,11-12,18H,2,10,13-14H2,1H3;3-5,7-12H,2,6H2,1H3;4H,2-3H2,1H3,(H,6,7);/q;;;+1/p-1/t18-;;4-;/m1.1./s1. The van der Waals surface area contributed by atoms with E-state index in [0.717, 1.165) is 24.0 Å². The first-order valence-electron chi connectivity index (χ1n) is 16.6. The van der Waals surface area contributed by atoms with Crippen molar-refractivity contribution in [2.45, 2.75) is 71.4 Å². The Morgan fingerprint density at radius 2 is 1.17 bits per heavy atom. The molecule has 48 heavy (non-hydrogen) atoms. The van der Waals surface area contributed by atoms with Gasteiger partial charge in [-0.1, -0.05) is 149 Å². The van der Waals surface area contributed by atoms with Gasteiger partial charge in [-0.25, -0.2) is 9.69 Å². The number of amides is 3. The molecule has 0 bridgehead atoms. The van der Waals surface area contributed by atoms with E-state index in [1.165, 1.54) is 40.0 Å². The molecule has 7 nitrogen and oxygen atoms in total. The van der Waals surface area contributed by atoms with E-state index < -0.39 is 12.2 Å². The second-order valence-corrected chi connectivity index (χ2v) is 11.5. The number of rotatable bonds is 9. The molecule has 0 spiro atoms. The third-order valence-electron chi connectivity index (χ3n) is 8.15. The fraction of sp³-hybridized carbons (Fsp3) is 0.325. The Morgan fingerprint density at radius 1 is 0.667 bits per heavy atom. The molecule has 0 aliphatic carbocycles. The monoisotopic (exact) mass is 640 g/mol. The summed E-state index contributed by atoms with van der Waals surface area (Å²) in [6.07, 6.45) is 4.03. The fourth-order valence-electron chi connectivity index (χ4n) is 5.32. The number of carbonyl (C=O) groups excluding carboxylic acids is 3. The summed E-state index contributed by atoms with van der Waals surface area (Å²) in [5, 5.41) is 3.65. The first-order valence-corrected chi connectivity index (χ1v) is 16.6. The van der Waals surface area contributed by atoms with Crippen LogP contribution in [0.5, 0.6) is 0 Å². The third-order valence-corrected chi connectivity index (χ3v) is 8.15. The average Bonchev–Trinajstić information content (AvgIpc) is 3.73. The Kier molecular flexibility index (Phi) is 16.0. The third kappa shape index (κ3) is 11.4. The van der Waals surface area contributed by atoms with Crippen LogP contribution in [-0.4, -0.2) is 48.3 Å². The van der Waals surface area contributed by atoms with Crippen molar-refractivity contribution in [1.82, 2.24) is 4.90 Å². The molecule has 4 aromatic carbocycles.